The second-order valence-corrected chi connectivity index (χ2v) is 9.01. The average molecular weight is 362 g/mol. The van der Waals surface area contributed by atoms with Crippen molar-refractivity contribution in [1.29, 1.82) is 0 Å². The average Bonchev–Trinajstić information content (AvgIpc) is 2.56. The van der Waals surface area contributed by atoms with Crippen LogP contribution in [0.5, 0.6) is 11.5 Å². The van der Waals surface area contributed by atoms with Gasteiger partial charge in [-0.25, -0.2) is 0 Å². The molecule has 0 fully saturated rings. The molecule has 24 heavy (non-hydrogen) atoms. The normalized spacial score (nSPS) is 15.4. The Morgan fingerprint density at radius 3 is 2.50 bits per heavy atom. The Hall–Kier alpha value is -1.18. The summed E-state index contributed by atoms with van der Waals surface area (Å²) in [6.45, 7) is 8.66. The molecule has 3 atom stereocenters. The van der Waals surface area contributed by atoms with E-state index in [0.29, 0.717) is 14.3 Å². The number of phenols is 1. The van der Waals surface area contributed by atoms with Gasteiger partial charge >= 0.3 is 0 Å². The van der Waals surface area contributed by atoms with Crippen molar-refractivity contribution in [2.45, 2.75) is 44.5 Å². The zero-order chi connectivity index (χ0) is 17.9. The van der Waals surface area contributed by atoms with Gasteiger partial charge in [0.15, 0.2) is 11.5 Å². The zero-order valence-corrected chi connectivity index (χ0v) is 16.9. The number of rotatable bonds is 6. The van der Waals surface area contributed by atoms with Crippen molar-refractivity contribution in [3.8, 4) is 11.5 Å². The molecular formula is C20H27O2PS. The fourth-order valence-electron chi connectivity index (χ4n) is 2.96. The van der Waals surface area contributed by atoms with E-state index in [-0.39, 0.29) is 16.2 Å². The van der Waals surface area contributed by atoms with E-state index in [1.807, 2.05) is 12.1 Å². The van der Waals surface area contributed by atoms with Crippen LogP contribution < -0.4 is 10.0 Å². The lowest BCUT2D eigenvalue weighted by Gasteiger charge is -2.32. The lowest BCUT2D eigenvalue weighted by molar-refractivity contribution is 0.367. The first kappa shape index (κ1) is 19.1. The van der Waals surface area contributed by atoms with Gasteiger partial charge in [0.25, 0.3) is 0 Å². The topological polar surface area (TPSA) is 29.5 Å². The molecule has 0 heterocycles. The van der Waals surface area contributed by atoms with Crippen LogP contribution in [-0.4, -0.2) is 12.2 Å². The molecule has 0 saturated carbocycles. The van der Waals surface area contributed by atoms with Crippen molar-refractivity contribution in [3.05, 3.63) is 53.1 Å². The predicted octanol–water partition coefficient (Wildman–Crippen LogP) is 5.33. The number of thiol groups is 1. The van der Waals surface area contributed by atoms with Crippen LogP contribution >= 0.6 is 21.2 Å². The van der Waals surface area contributed by atoms with Crippen molar-refractivity contribution in [3.63, 3.8) is 0 Å². The Morgan fingerprint density at radius 2 is 1.92 bits per heavy atom. The summed E-state index contributed by atoms with van der Waals surface area (Å²) in [5.41, 5.74) is 3.51. The minimum atomic E-state index is -0.151. The third-order valence-electron chi connectivity index (χ3n) is 4.68. The van der Waals surface area contributed by atoms with Crippen molar-refractivity contribution in [1.82, 2.24) is 0 Å². The van der Waals surface area contributed by atoms with Gasteiger partial charge in [0, 0.05) is 16.0 Å². The van der Waals surface area contributed by atoms with Gasteiger partial charge in [-0.15, -0.1) is 0 Å². The minimum Gasteiger partial charge on any atom is -0.504 e. The van der Waals surface area contributed by atoms with Gasteiger partial charge in [-0.3, -0.25) is 0 Å². The van der Waals surface area contributed by atoms with Gasteiger partial charge in [0.1, 0.15) is 0 Å². The molecule has 0 amide bonds. The highest BCUT2D eigenvalue weighted by molar-refractivity contribution is 7.80. The number of aromatic hydroxyl groups is 1. The molecule has 0 bridgehead atoms. The van der Waals surface area contributed by atoms with E-state index in [0.717, 1.165) is 12.0 Å². The Bertz CT molecular complexity index is 715. The van der Waals surface area contributed by atoms with Crippen LogP contribution in [0, 0.1) is 6.92 Å². The molecule has 0 saturated heterocycles. The summed E-state index contributed by atoms with van der Waals surface area (Å²) in [4.78, 5) is 0. The molecule has 0 aliphatic carbocycles. The first-order chi connectivity index (χ1) is 11.3. The molecule has 0 aliphatic heterocycles. The smallest absolute Gasteiger partial charge is 0.161 e. The Morgan fingerprint density at radius 1 is 1.25 bits per heavy atom. The fraction of sp³-hybridized carbons (Fsp3) is 0.400. The van der Waals surface area contributed by atoms with Crippen LogP contribution in [-0.2, 0) is 5.16 Å². The number of hydrogen-bond acceptors (Lipinski definition) is 3. The van der Waals surface area contributed by atoms with Crippen molar-refractivity contribution >= 4 is 26.5 Å². The number of aryl methyl sites for hydroxylation is 1. The van der Waals surface area contributed by atoms with Gasteiger partial charge in [0.2, 0.25) is 0 Å². The summed E-state index contributed by atoms with van der Waals surface area (Å²) in [6.07, 6.45) is 0.931. The molecule has 2 rings (SSSR count). The molecule has 2 aromatic rings. The minimum absolute atomic E-state index is 0.151. The second-order valence-electron chi connectivity index (χ2n) is 6.38. The maximum absolute atomic E-state index is 10.6. The van der Waals surface area contributed by atoms with Crippen LogP contribution in [0.15, 0.2) is 36.4 Å². The first-order valence-corrected chi connectivity index (χ1v) is 9.78. The van der Waals surface area contributed by atoms with Gasteiger partial charge in [-0.1, -0.05) is 52.8 Å². The molecule has 0 radical (unpaired) electrons. The van der Waals surface area contributed by atoms with Gasteiger partial charge in [0.05, 0.1) is 7.11 Å². The number of hydrogen-bond donors (Lipinski definition) is 2. The van der Waals surface area contributed by atoms with Gasteiger partial charge in [-0.2, -0.15) is 12.6 Å². The summed E-state index contributed by atoms with van der Waals surface area (Å²) in [6, 6.07) is 12.2. The number of para-hydroxylation sites is 1. The molecule has 2 aromatic carbocycles. The van der Waals surface area contributed by atoms with Crippen LogP contribution in [0.3, 0.4) is 0 Å². The Kier molecular flexibility index (Phi) is 6.22. The number of ether oxygens (including phenoxy) is 1. The first-order valence-electron chi connectivity index (χ1n) is 8.26. The number of benzene rings is 2. The fourth-order valence-corrected chi connectivity index (χ4v) is 5.09. The maximum atomic E-state index is 10.6. The van der Waals surface area contributed by atoms with Gasteiger partial charge in [-0.05, 0) is 42.8 Å². The Balaban J connectivity index is 2.54. The largest absolute Gasteiger partial charge is 0.504 e. The van der Waals surface area contributed by atoms with Crippen LogP contribution in [0.4, 0.5) is 0 Å². The SMILES string of the molecule is CCC(C)(Pc1c(C)cccc1C(C)S)c1cccc(OC)c1O. The highest BCUT2D eigenvalue weighted by Gasteiger charge is 2.31. The second kappa shape index (κ2) is 7.80. The van der Waals surface area contributed by atoms with E-state index in [9.17, 15) is 5.11 Å². The predicted molar refractivity (Wildman–Crippen MR) is 109 cm³/mol. The lowest BCUT2D eigenvalue weighted by atomic mass is 9.96. The van der Waals surface area contributed by atoms with E-state index in [1.165, 1.54) is 16.4 Å². The Labute approximate surface area is 152 Å². The van der Waals surface area contributed by atoms with E-state index in [1.54, 1.807) is 13.2 Å². The molecule has 130 valence electrons. The van der Waals surface area contributed by atoms with Crippen LogP contribution in [0.25, 0.3) is 0 Å². The third kappa shape index (κ3) is 3.73. The maximum Gasteiger partial charge on any atom is 0.161 e. The summed E-state index contributed by atoms with van der Waals surface area (Å²) in [7, 11) is 2.14. The van der Waals surface area contributed by atoms with E-state index < -0.39 is 0 Å². The van der Waals surface area contributed by atoms with Gasteiger partial charge < -0.3 is 9.84 Å². The molecule has 4 heteroatoms. The highest BCUT2D eigenvalue weighted by atomic mass is 32.1. The molecule has 0 aliphatic rings. The van der Waals surface area contributed by atoms with Crippen LogP contribution in [0.2, 0.25) is 0 Å². The molecule has 0 spiro atoms. The molecule has 0 aromatic heterocycles. The highest BCUT2D eigenvalue weighted by Crippen LogP contribution is 2.50. The number of phenolic OH excluding ortho intramolecular Hbond substituents is 1. The van der Waals surface area contributed by atoms with Crippen LogP contribution in [0.1, 0.15) is 49.1 Å². The molecule has 3 unspecified atom stereocenters. The van der Waals surface area contributed by atoms with E-state index >= 15 is 0 Å². The summed E-state index contributed by atoms with van der Waals surface area (Å²) in [5, 5.41) is 12.0. The lowest BCUT2D eigenvalue weighted by Crippen LogP contribution is -2.22. The third-order valence-corrected chi connectivity index (χ3v) is 7.06. The summed E-state index contributed by atoms with van der Waals surface area (Å²) < 4.78 is 5.30. The zero-order valence-electron chi connectivity index (χ0n) is 15.1. The number of methoxy groups -OCH3 is 1. The standard InChI is InChI=1S/C20H27O2PS/c1-6-20(4,16-11-8-12-17(22-5)18(16)21)23-19-13(2)9-7-10-15(19)14(3)24/h7-12,14,21,23-24H,6H2,1-5H3. The quantitative estimate of drug-likeness (QED) is 0.537. The molecule has 1 N–H and O–H groups in total. The van der Waals surface area contributed by atoms with Crippen molar-refractivity contribution < 1.29 is 9.84 Å². The van der Waals surface area contributed by atoms with E-state index in [2.05, 4.69) is 58.5 Å². The summed E-state index contributed by atoms with van der Waals surface area (Å²) in [5.74, 6) is 0.787. The van der Waals surface area contributed by atoms with Crippen molar-refractivity contribution in [2.75, 3.05) is 7.11 Å². The van der Waals surface area contributed by atoms with E-state index in [4.69, 9.17) is 4.74 Å². The monoisotopic (exact) mass is 362 g/mol. The molecular weight excluding hydrogens is 335 g/mol. The molecule has 2 nitrogen and oxygen atoms in total. The summed E-state index contributed by atoms with van der Waals surface area (Å²) >= 11 is 4.66. The van der Waals surface area contributed by atoms with Crippen molar-refractivity contribution in [2.24, 2.45) is 0 Å².